The molecule has 0 bridgehead atoms. The number of aliphatic hydroxyl groups excluding tert-OH is 4. The number of hydrogen-bond donors (Lipinski definition) is 9. The van der Waals surface area contributed by atoms with Gasteiger partial charge in [-0.25, -0.2) is 0 Å². The van der Waals surface area contributed by atoms with Gasteiger partial charge in [0, 0.05) is 48.2 Å². The van der Waals surface area contributed by atoms with E-state index in [1.165, 1.54) is 12.5 Å². The highest BCUT2D eigenvalue weighted by atomic mass is 16.5. The molecule has 0 amide bonds. The minimum atomic E-state index is -1.85. The maximum Gasteiger partial charge on any atom is 0.306 e. The molecule has 0 aromatic rings. The maximum atomic E-state index is 15.1. The number of guanidine groups is 1. The number of fused-ring (bicyclic) bond motifs is 10. The van der Waals surface area contributed by atoms with Gasteiger partial charge in [0.25, 0.3) is 0 Å². The van der Waals surface area contributed by atoms with Crippen LogP contribution in [0, 0.1) is 93.7 Å². The van der Waals surface area contributed by atoms with Crippen molar-refractivity contribution in [3.05, 3.63) is 22.9 Å². The number of esters is 1. The minimum absolute atomic E-state index is 0.0272. The summed E-state index contributed by atoms with van der Waals surface area (Å²) in [5.41, 5.74) is 8.21. The van der Waals surface area contributed by atoms with Gasteiger partial charge in [0.1, 0.15) is 5.78 Å². The van der Waals surface area contributed by atoms with Crippen molar-refractivity contribution in [1.82, 2.24) is 5.32 Å². The van der Waals surface area contributed by atoms with Crippen molar-refractivity contribution in [1.29, 1.82) is 0 Å². The van der Waals surface area contributed by atoms with Crippen LogP contribution in [0.3, 0.4) is 0 Å². The lowest BCUT2D eigenvalue weighted by Crippen LogP contribution is -2.65. The Hall–Kier alpha value is -3.32. The van der Waals surface area contributed by atoms with Crippen LogP contribution in [-0.4, -0.2) is 110 Å². The van der Waals surface area contributed by atoms with Crippen LogP contribution in [0.1, 0.15) is 131 Å². The molecule has 1 heterocycles. The second kappa shape index (κ2) is 19.1. The summed E-state index contributed by atoms with van der Waals surface area (Å²) in [6, 6.07) is 0. The number of nitrogens with zero attached hydrogens (tertiary/aromatic N) is 1. The summed E-state index contributed by atoms with van der Waals surface area (Å²) in [5.74, 6) is 4.47. The fourth-order valence-corrected chi connectivity index (χ4v) is 16.2. The van der Waals surface area contributed by atoms with Gasteiger partial charge >= 0.3 is 5.97 Å². The summed E-state index contributed by atoms with van der Waals surface area (Å²) < 4.78 is 5.63. The zero-order chi connectivity index (χ0) is 48.4. The standard InChI is InChI=1S/C53H80N4O10/c1-28-8-9-32-12-13-35-29(2)20-43(62)51(5,65)48-38(31(7-6-18-58)10-11-33(21-37(35)36(32)19-28)34-22-44(63)67-27-34)24-53(66)45-39(14-15-52(48,53)16-17-56-49(54)55)50(4)25-42(61)41(60)23-40(50)47(64)46(45)57-26-30(3)59/h12,28-29,31,33-43,48,57-58,60-62,65-66H,6-9,13-27H2,1-5H3,(H4,54,55,56). The number of rotatable bonds is 10. The summed E-state index contributed by atoms with van der Waals surface area (Å²) in [6.07, 6.45) is 6.38. The van der Waals surface area contributed by atoms with Gasteiger partial charge in [0.05, 0.1) is 54.8 Å². The molecular formula is C53H80N4O10. The van der Waals surface area contributed by atoms with E-state index in [1.807, 2.05) is 6.92 Å². The van der Waals surface area contributed by atoms with Crippen molar-refractivity contribution >= 4 is 23.5 Å². The Morgan fingerprint density at radius 3 is 2.42 bits per heavy atom. The van der Waals surface area contributed by atoms with Crippen molar-refractivity contribution in [3.8, 4) is 11.8 Å². The van der Waals surface area contributed by atoms with E-state index in [2.05, 4.69) is 42.1 Å². The Kier molecular flexibility index (Phi) is 14.3. The van der Waals surface area contributed by atoms with Gasteiger partial charge in [0.15, 0.2) is 11.7 Å². The summed E-state index contributed by atoms with van der Waals surface area (Å²) in [6.45, 7) is 9.68. The molecular weight excluding hydrogens is 853 g/mol. The third-order valence-electron chi connectivity index (χ3n) is 19.4. The number of hydrogen-bond acceptors (Lipinski definition) is 12. The van der Waals surface area contributed by atoms with Crippen LogP contribution in [0.15, 0.2) is 27.9 Å². The Morgan fingerprint density at radius 2 is 1.73 bits per heavy atom. The van der Waals surface area contributed by atoms with Gasteiger partial charge in [-0.1, -0.05) is 44.3 Å². The van der Waals surface area contributed by atoms with E-state index in [0.29, 0.717) is 43.1 Å². The highest BCUT2D eigenvalue weighted by molar-refractivity contribution is 6.00. The van der Waals surface area contributed by atoms with Crippen molar-refractivity contribution in [2.45, 2.75) is 160 Å². The van der Waals surface area contributed by atoms with Crippen LogP contribution in [0.4, 0.5) is 0 Å². The number of Topliss-reactive ketones (excluding diaryl/α,β-unsaturated/α-hetero) is 2. The van der Waals surface area contributed by atoms with E-state index < -0.39 is 69.9 Å². The molecule has 0 radical (unpaired) electrons. The quantitative estimate of drug-likeness (QED) is 0.0499. The third-order valence-corrected chi connectivity index (χ3v) is 19.4. The van der Waals surface area contributed by atoms with Gasteiger partial charge in [0.2, 0.25) is 0 Å². The Balaban J connectivity index is 1.35. The Morgan fingerprint density at radius 1 is 0.970 bits per heavy atom. The molecule has 8 rings (SSSR count). The first kappa shape index (κ1) is 50.1. The smallest absolute Gasteiger partial charge is 0.306 e. The molecule has 8 aliphatic rings. The number of carbonyl (C=O) groups excluding carboxylic acids is 3. The zero-order valence-corrected chi connectivity index (χ0v) is 40.6. The molecule has 0 spiro atoms. The second-order valence-electron chi connectivity index (χ2n) is 23.4. The Bertz CT molecular complexity index is 2070. The third kappa shape index (κ3) is 8.83. The Labute approximate surface area is 397 Å². The normalized spacial score (nSPS) is 46.2. The number of carbonyl (C=O) groups is 3. The number of allylic oxidation sites excluding steroid dienone is 3. The molecule has 5 fully saturated rings. The highest BCUT2D eigenvalue weighted by Crippen LogP contribution is 2.73. The van der Waals surface area contributed by atoms with E-state index >= 15 is 4.79 Å². The molecule has 1 aliphatic heterocycles. The molecule has 67 heavy (non-hydrogen) atoms. The zero-order valence-electron chi connectivity index (χ0n) is 40.6. The molecule has 19 atom stereocenters. The molecule has 7 aliphatic carbocycles. The van der Waals surface area contributed by atoms with Crippen molar-refractivity contribution in [2.24, 2.45) is 98.3 Å². The number of nitrogens with two attached hydrogens (primary N) is 2. The van der Waals surface area contributed by atoms with E-state index in [1.54, 1.807) is 6.92 Å². The molecule has 0 aromatic heterocycles. The molecule has 11 N–H and O–H groups in total. The first-order chi connectivity index (χ1) is 31.7. The van der Waals surface area contributed by atoms with Crippen LogP contribution in [-0.2, 0) is 19.1 Å². The molecule has 19 unspecified atom stereocenters. The lowest BCUT2D eigenvalue weighted by atomic mass is 9.44. The minimum Gasteiger partial charge on any atom is -0.465 e. The van der Waals surface area contributed by atoms with Crippen LogP contribution in [0.25, 0.3) is 0 Å². The number of cyclic esters (lactones) is 1. The average Bonchev–Trinajstić information content (AvgIpc) is 3.82. The van der Waals surface area contributed by atoms with Crippen molar-refractivity contribution < 1.29 is 49.8 Å². The fraction of sp³-hybridized carbons (Fsp3) is 0.811. The van der Waals surface area contributed by atoms with Crippen molar-refractivity contribution in [2.75, 3.05) is 26.3 Å². The molecule has 1 saturated heterocycles. The van der Waals surface area contributed by atoms with Crippen LogP contribution in [0.5, 0.6) is 0 Å². The average molecular weight is 933 g/mol. The molecule has 372 valence electrons. The van der Waals surface area contributed by atoms with Gasteiger partial charge in [-0.2, -0.15) is 0 Å². The topological polar surface area (TPSA) is 258 Å². The lowest BCUT2D eigenvalue weighted by Gasteiger charge is -2.62. The number of aliphatic hydroxyl groups is 6. The number of nitrogens with one attached hydrogen (secondary N) is 1. The second-order valence-corrected chi connectivity index (χ2v) is 23.4. The van der Waals surface area contributed by atoms with Gasteiger partial charge in [-0.05, 0) is 156 Å². The fourth-order valence-electron chi connectivity index (χ4n) is 16.2. The molecule has 4 saturated carbocycles. The van der Waals surface area contributed by atoms with Crippen LogP contribution < -0.4 is 16.8 Å². The molecule has 0 aromatic carbocycles. The predicted octanol–water partition coefficient (Wildman–Crippen LogP) is 3.68. The summed E-state index contributed by atoms with van der Waals surface area (Å²) in [5, 5.41) is 76.7. The van der Waals surface area contributed by atoms with Gasteiger partial charge < -0.3 is 52.2 Å². The summed E-state index contributed by atoms with van der Waals surface area (Å²) >= 11 is 0. The monoisotopic (exact) mass is 933 g/mol. The van der Waals surface area contributed by atoms with E-state index in [-0.39, 0.29) is 124 Å². The van der Waals surface area contributed by atoms with Gasteiger partial charge in [-0.15, -0.1) is 0 Å². The molecule has 14 nitrogen and oxygen atoms in total. The van der Waals surface area contributed by atoms with E-state index in [4.69, 9.17) is 16.2 Å². The highest BCUT2D eigenvalue weighted by Gasteiger charge is 2.74. The lowest BCUT2D eigenvalue weighted by molar-refractivity contribution is -0.191. The first-order valence-corrected chi connectivity index (χ1v) is 25.7. The summed E-state index contributed by atoms with van der Waals surface area (Å²) in [4.78, 5) is 45.1. The maximum absolute atomic E-state index is 15.1. The SMILES string of the molecule is CC(=O)CNC1=C2C(CCC3(CCN=C(N)N)C4C(CC23O)C(CCCO)C#CC(C2COC(=O)C2)CC2C3CC(C)CCC3=CCC2C(C)CC(O)C4(C)O)C2(C)CC(O)C(O)CC2C1=O. The first-order valence-electron chi connectivity index (χ1n) is 25.7. The van der Waals surface area contributed by atoms with Crippen LogP contribution >= 0.6 is 0 Å². The number of aliphatic imine (C=N–C) groups is 1. The molecule has 14 heteroatoms. The van der Waals surface area contributed by atoms with Crippen LogP contribution in [0.2, 0.25) is 0 Å². The van der Waals surface area contributed by atoms with E-state index in [0.717, 1.165) is 32.1 Å². The van der Waals surface area contributed by atoms with E-state index in [9.17, 15) is 40.2 Å². The van der Waals surface area contributed by atoms with Crippen molar-refractivity contribution in [3.63, 3.8) is 0 Å². The number of ketones is 2. The number of ether oxygens (including phenoxy) is 1. The van der Waals surface area contributed by atoms with Gasteiger partial charge in [-0.3, -0.25) is 19.4 Å². The summed E-state index contributed by atoms with van der Waals surface area (Å²) in [7, 11) is 0. The largest absolute Gasteiger partial charge is 0.465 e. The predicted molar refractivity (Wildman–Crippen MR) is 252 cm³/mol.